The number of allylic oxidation sites excluding steroid dienone is 1. The average Bonchev–Trinajstić information content (AvgIpc) is 2.50. The summed E-state index contributed by atoms with van der Waals surface area (Å²) in [5.41, 5.74) is 5.55. The molecule has 0 spiro atoms. The van der Waals surface area contributed by atoms with E-state index in [1.165, 1.54) is 29.2 Å². The standard InChI is InChI=1S/C19H24O3/c1-12-16-8-6-14-5-7-15(21-4)11-17(14)19(16,3)10-9-18(12)22-13(2)20/h5,7,11,18H,6,8-10H2,1-4H3/t18-,19-/m1/s1. The smallest absolute Gasteiger partial charge is 0.303 e. The Labute approximate surface area is 132 Å². The van der Waals surface area contributed by atoms with Gasteiger partial charge in [0.25, 0.3) is 0 Å². The zero-order chi connectivity index (χ0) is 15.9. The number of esters is 1. The first-order valence-electron chi connectivity index (χ1n) is 8.00. The molecule has 3 heteroatoms. The Balaban J connectivity index is 2.06. The molecule has 0 saturated heterocycles. The second-order valence-corrected chi connectivity index (χ2v) is 6.65. The van der Waals surface area contributed by atoms with E-state index in [1.807, 2.05) is 6.07 Å². The first-order valence-corrected chi connectivity index (χ1v) is 8.00. The maximum Gasteiger partial charge on any atom is 0.303 e. The van der Waals surface area contributed by atoms with Gasteiger partial charge in [0, 0.05) is 12.3 Å². The highest BCUT2D eigenvalue weighted by atomic mass is 16.5. The summed E-state index contributed by atoms with van der Waals surface area (Å²) < 4.78 is 10.9. The largest absolute Gasteiger partial charge is 0.497 e. The Morgan fingerprint density at radius 3 is 2.77 bits per heavy atom. The van der Waals surface area contributed by atoms with E-state index in [9.17, 15) is 4.79 Å². The molecule has 2 aliphatic rings. The van der Waals surface area contributed by atoms with Crippen LogP contribution in [0, 0.1) is 0 Å². The molecule has 0 saturated carbocycles. The van der Waals surface area contributed by atoms with Gasteiger partial charge in [-0.2, -0.15) is 0 Å². The van der Waals surface area contributed by atoms with Crippen molar-refractivity contribution in [1.82, 2.24) is 0 Å². The van der Waals surface area contributed by atoms with E-state index >= 15 is 0 Å². The number of methoxy groups -OCH3 is 1. The zero-order valence-corrected chi connectivity index (χ0v) is 13.9. The Morgan fingerprint density at radius 1 is 1.32 bits per heavy atom. The number of benzene rings is 1. The molecule has 22 heavy (non-hydrogen) atoms. The number of rotatable bonds is 2. The molecule has 0 fully saturated rings. The molecule has 0 aromatic heterocycles. The fraction of sp³-hybridized carbons (Fsp3) is 0.526. The third-order valence-corrected chi connectivity index (χ3v) is 5.40. The second kappa shape index (κ2) is 5.45. The summed E-state index contributed by atoms with van der Waals surface area (Å²) >= 11 is 0. The average molecular weight is 300 g/mol. The van der Waals surface area contributed by atoms with Gasteiger partial charge in [0.2, 0.25) is 0 Å². The summed E-state index contributed by atoms with van der Waals surface area (Å²) in [5, 5.41) is 0. The van der Waals surface area contributed by atoms with Crippen LogP contribution in [-0.2, 0) is 21.4 Å². The lowest BCUT2D eigenvalue weighted by atomic mass is 9.61. The van der Waals surface area contributed by atoms with Gasteiger partial charge in [-0.25, -0.2) is 0 Å². The third-order valence-electron chi connectivity index (χ3n) is 5.40. The summed E-state index contributed by atoms with van der Waals surface area (Å²) in [5.74, 6) is 0.729. The molecule has 0 bridgehead atoms. The van der Waals surface area contributed by atoms with Crippen LogP contribution >= 0.6 is 0 Å². The van der Waals surface area contributed by atoms with Crippen LogP contribution in [0.15, 0.2) is 29.3 Å². The predicted molar refractivity (Wildman–Crippen MR) is 86.2 cm³/mol. The highest BCUT2D eigenvalue weighted by molar-refractivity contribution is 5.66. The van der Waals surface area contributed by atoms with Crippen LogP contribution < -0.4 is 4.74 Å². The van der Waals surface area contributed by atoms with Gasteiger partial charge in [0.15, 0.2) is 0 Å². The fourth-order valence-electron chi connectivity index (χ4n) is 4.21. The van der Waals surface area contributed by atoms with Gasteiger partial charge in [-0.1, -0.05) is 18.6 Å². The van der Waals surface area contributed by atoms with Crippen LogP contribution in [0.1, 0.15) is 51.2 Å². The van der Waals surface area contributed by atoms with Gasteiger partial charge in [-0.3, -0.25) is 4.79 Å². The molecule has 0 unspecified atom stereocenters. The van der Waals surface area contributed by atoms with Crippen molar-refractivity contribution in [2.24, 2.45) is 0 Å². The SMILES string of the molecule is COc1ccc2c(c1)[C@]1(C)CC[C@@H](OC(C)=O)C(C)=C1CC2. The molecule has 2 aliphatic carbocycles. The van der Waals surface area contributed by atoms with Gasteiger partial charge in [-0.15, -0.1) is 0 Å². The molecule has 0 amide bonds. The number of carbonyl (C=O) groups excluding carboxylic acids is 1. The van der Waals surface area contributed by atoms with Crippen molar-refractivity contribution in [1.29, 1.82) is 0 Å². The van der Waals surface area contributed by atoms with Crippen molar-refractivity contribution < 1.29 is 14.3 Å². The lowest BCUT2D eigenvalue weighted by molar-refractivity contribution is -0.145. The second-order valence-electron chi connectivity index (χ2n) is 6.65. The lowest BCUT2D eigenvalue weighted by Crippen LogP contribution is -2.38. The van der Waals surface area contributed by atoms with Crippen molar-refractivity contribution in [3.63, 3.8) is 0 Å². The number of hydrogen-bond acceptors (Lipinski definition) is 3. The maximum absolute atomic E-state index is 11.3. The predicted octanol–water partition coefficient (Wildman–Crippen LogP) is 3.94. The van der Waals surface area contributed by atoms with Crippen molar-refractivity contribution in [3.05, 3.63) is 40.5 Å². The van der Waals surface area contributed by atoms with Crippen LogP contribution in [0.5, 0.6) is 5.75 Å². The third kappa shape index (κ3) is 2.33. The van der Waals surface area contributed by atoms with E-state index in [-0.39, 0.29) is 17.5 Å². The normalized spacial score (nSPS) is 27.0. The van der Waals surface area contributed by atoms with Crippen LogP contribution in [-0.4, -0.2) is 19.2 Å². The Hall–Kier alpha value is -1.77. The Kier molecular flexibility index (Phi) is 3.75. The molecule has 3 rings (SSSR count). The Morgan fingerprint density at radius 2 is 2.09 bits per heavy atom. The van der Waals surface area contributed by atoms with Crippen molar-refractivity contribution >= 4 is 5.97 Å². The summed E-state index contributed by atoms with van der Waals surface area (Å²) in [4.78, 5) is 11.3. The van der Waals surface area contributed by atoms with E-state index in [1.54, 1.807) is 7.11 Å². The molecule has 0 aliphatic heterocycles. The maximum atomic E-state index is 11.3. The summed E-state index contributed by atoms with van der Waals surface area (Å²) in [6, 6.07) is 6.44. The van der Waals surface area contributed by atoms with Crippen LogP contribution in [0.3, 0.4) is 0 Å². The number of carbonyl (C=O) groups is 1. The van der Waals surface area contributed by atoms with Crippen molar-refractivity contribution in [2.75, 3.05) is 7.11 Å². The summed E-state index contributed by atoms with van der Waals surface area (Å²) in [6.07, 6.45) is 3.96. The number of fused-ring (bicyclic) bond motifs is 3. The minimum Gasteiger partial charge on any atom is -0.497 e. The molecule has 118 valence electrons. The van der Waals surface area contributed by atoms with E-state index in [4.69, 9.17) is 9.47 Å². The minimum absolute atomic E-state index is 0.0445. The molecule has 2 atom stereocenters. The molecule has 1 aromatic carbocycles. The molecular weight excluding hydrogens is 276 g/mol. The van der Waals surface area contributed by atoms with E-state index in [0.29, 0.717) is 0 Å². The molecule has 0 radical (unpaired) electrons. The van der Waals surface area contributed by atoms with E-state index < -0.39 is 0 Å². The quantitative estimate of drug-likeness (QED) is 0.613. The summed E-state index contributed by atoms with van der Waals surface area (Å²) in [7, 11) is 1.71. The van der Waals surface area contributed by atoms with Gasteiger partial charge >= 0.3 is 5.97 Å². The van der Waals surface area contributed by atoms with Crippen LogP contribution in [0.4, 0.5) is 0 Å². The zero-order valence-electron chi connectivity index (χ0n) is 13.9. The molecule has 0 N–H and O–H groups in total. The van der Waals surface area contributed by atoms with E-state index in [2.05, 4.69) is 26.0 Å². The molecule has 3 nitrogen and oxygen atoms in total. The van der Waals surface area contributed by atoms with Crippen molar-refractivity contribution in [2.45, 2.75) is 58.0 Å². The Bertz CT molecular complexity index is 644. The molecular formula is C19H24O3. The number of ether oxygens (including phenoxy) is 2. The highest BCUT2D eigenvalue weighted by Crippen LogP contribution is 2.50. The fourth-order valence-corrected chi connectivity index (χ4v) is 4.21. The number of hydrogen-bond donors (Lipinski definition) is 0. The summed E-state index contributed by atoms with van der Waals surface area (Å²) in [6.45, 7) is 5.95. The lowest BCUT2D eigenvalue weighted by Gasteiger charge is -2.45. The van der Waals surface area contributed by atoms with Gasteiger partial charge in [0.05, 0.1) is 7.11 Å². The first kappa shape index (κ1) is 15.1. The molecule has 0 heterocycles. The topological polar surface area (TPSA) is 35.5 Å². The van der Waals surface area contributed by atoms with Gasteiger partial charge < -0.3 is 9.47 Å². The first-order chi connectivity index (χ1) is 10.5. The van der Waals surface area contributed by atoms with E-state index in [0.717, 1.165) is 31.4 Å². The van der Waals surface area contributed by atoms with Crippen LogP contribution in [0.2, 0.25) is 0 Å². The monoisotopic (exact) mass is 300 g/mol. The van der Waals surface area contributed by atoms with Gasteiger partial charge in [0.1, 0.15) is 11.9 Å². The highest BCUT2D eigenvalue weighted by Gasteiger charge is 2.42. The number of aryl methyl sites for hydroxylation is 1. The van der Waals surface area contributed by atoms with Crippen LogP contribution in [0.25, 0.3) is 0 Å². The molecule has 1 aromatic rings. The van der Waals surface area contributed by atoms with Gasteiger partial charge in [-0.05, 0) is 61.4 Å². The van der Waals surface area contributed by atoms with Crippen molar-refractivity contribution in [3.8, 4) is 5.75 Å². The minimum atomic E-state index is -0.188.